The van der Waals surface area contributed by atoms with E-state index in [1.807, 2.05) is 12.5 Å². The second-order valence-electron chi connectivity index (χ2n) is 3.10. The van der Waals surface area contributed by atoms with E-state index in [0.717, 1.165) is 4.38 Å². The fraction of sp³-hybridized carbons (Fsp3) is 0.200. The van der Waals surface area contributed by atoms with Crippen molar-refractivity contribution in [2.45, 2.75) is 0 Å². The SMILES string of the molecule is CSC(=Nc1nccc(-n2cnc(Cl)c2)n1)SC. The molecule has 94 valence electrons. The minimum absolute atomic E-state index is 0.424. The number of thioether (sulfide) groups is 2. The molecule has 2 aromatic rings. The Labute approximate surface area is 118 Å². The lowest BCUT2D eigenvalue weighted by Gasteiger charge is -2.01. The summed E-state index contributed by atoms with van der Waals surface area (Å²) in [6.07, 6.45) is 8.88. The van der Waals surface area contributed by atoms with E-state index in [1.165, 1.54) is 0 Å². The zero-order valence-electron chi connectivity index (χ0n) is 9.74. The van der Waals surface area contributed by atoms with Crippen molar-refractivity contribution in [1.29, 1.82) is 0 Å². The third kappa shape index (κ3) is 3.24. The lowest BCUT2D eigenvalue weighted by molar-refractivity contribution is 0.969. The number of hydrogen-bond acceptors (Lipinski definition) is 6. The fourth-order valence-electron chi connectivity index (χ4n) is 1.22. The molecule has 2 heterocycles. The number of aliphatic imine (C=N–C) groups is 1. The van der Waals surface area contributed by atoms with Crippen molar-refractivity contribution in [3.8, 4) is 5.82 Å². The highest BCUT2D eigenvalue weighted by Crippen LogP contribution is 2.17. The van der Waals surface area contributed by atoms with Crippen LogP contribution in [-0.2, 0) is 0 Å². The van der Waals surface area contributed by atoms with Crippen LogP contribution in [0.5, 0.6) is 0 Å². The first-order valence-electron chi connectivity index (χ1n) is 4.92. The van der Waals surface area contributed by atoms with Gasteiger partial charge in [-0.05, 0) is 18.6 Å². The molecule has 0 aromatic carbocycles. The number of aromatic nitrogens is 4. The van der Waals surface area contributed by atoms with Crippen LogP contribution in [0.15, 0.2) is 29.8 Å². The second-order valence-corrected chi connectivity index (χ2v) is 5.34. The zero-order valence-corrected chi connectivity index (χ0v) is 12.1. The Bertz CT molecular complexity index is 563. The van der Waals surface area contributed by atoms with Crippen molar-refractivity contribution >= 4 is 45.4 Å². The normalized spacial score (nSPS) is 10.4. The Morgan fingerprint density at radius 2 is 2.11 bits per heavy atom. The highest BCUT2D eigenvalue weighted by Gasteiger charge is 2.03. The molecule has 0 saturated carbocycles. The van der Waals surface area contributed by atoms with Gasteiger partial charge in [-0.3, -0.25) is 4.57 Å². The van der Waals surface area contributed by atoms with E-state index in [9.17, 15) is 0 Å². The molecule has 0 bridgehead atoms. The molecular formula is C10H10ClN5S2. The van der Waals surface area contributed by atoms with Gasteiger partial charge in [-0.1, -0.05) is 11.6 Å². The van der Waals surface area contributed by atoms with Crippen LogP contribution in [0.3, 0.4) is 0 Å². The Morgan fingerprint density at radius 1 is 1.33 bits per heavy atom. The number of hydrogen-bond donors (Lipinski definition) is 0. The number of rotatable bonds is 2. The summed E-state index contributed by atoms with van der Waals surface area (Å²) >= 11 is 8.90. The number of halogens is 1. The summed E-state index contributed by atoms with van der Waals surface area (Å²) in [4.78, 5) is 16.7. The molecule has 0 amide bonds. The van der Waals surface area contributed by atoms with Gasteiger partial charge in [0.2, 0.25) is 0 Å². The van der Waals surface area contributed by atoms with Crippen LogP contribution < -0.4 is 0 Å². The summed E-state index contributed by atoms with van der Waals surface area (Å²) in [6, 6.07) is 1.77. The first-order chi connectivity index (χ1) is 8.72. The standard InChI is InChI=1S/C10H10ClN5S2/c1-17-10(18-2)15-9-12-4-3-8(14-9)16-5-7(11)13-6-16/h3-6H,1-2H3. The molecule has 0 fully saturated rings. The van der Waals surface area contributed by atoms with E-state index in [4.69, 9.17) is 11.6 Å². The third-order valence-corrected chi connectivity index (χ3v) is 4.06. The lowest BCUT2D eigenvalue weighted by atomic mass is 10.6. The molecule has 0 saturated heterocycles. The van der Waals surface area contributed by atoms with E-state index >= 15 is 0 Å². The van der Waals surface area contributed by atoms with Crippen LogP contribution in [0, 0.1) is 0 Å². The van der Waals surface area contributed by atoms with Gasteiger partial charge in [0.05, 0.1) is 0 Å². The summed E-state index contributed by atoms with van der Waals surface area (Å²) in [5.41, 5.74) is 0. The molecule has 0 unspecified atom stereocenters. The Kier molecular flexibility index (Phi) is 4.62. The maximum atomic E-state index is 5.77. The average molecular weight is 300 g/mol. The zero-order chi connectivity index (χ0) is 13.0. The summed E-state index contributed by atoms with van der Waals surface area (Å²) < 4.78 is 2.64. The molecule has 0 N–H and O–H groups in total. The molecule has 0 aliphatic carbocycles. The van der Waals surface area contributed by atoms with Gasteiger partial charge in [0.1, 0.15) is 21.7 Å². The molecule has 18 heavy (non-hydrogen) atoms. The van der Waals surface area contributed by atoms with Crippen LogP contribution in [0.2, 0.25) is 5.15 Å². The Balaban J connectivity index is 2.33. The number of nitrogens with zero attached hydrogens (tertiary/aromatic N) is 5. The molecule has 2 aromatic heterocycles. The van der Waals surface area contributed by atoms with Gasteiger partial charge in [-0.2, -0.15) is 9.98 Å². The van der Waals surface area contributed by atoms with E-state index in [1.54, 1.807) is 52.9 Å². The van der Waals surface area contributed by atoms with Gasteiger partial charge in [0.25, 0.3) is 5.95 Å². The molecular weight excluding hydrogens is 290 g/mol. The van der Waals surface area contributed by atoms with E-state index in [0.29, 0.717) is 16.9 Å². The van der Waals surface area contributed by atoms with E-state index < -0.39 is 0 Å². The quantitative estimate of drug-likeness (QED) is 0.630. The molecule has 0 aliphatic heterocycles. The largest absolute Gasteiger partial charge is 0.289 e. The van der Waals surface area contributed by atoms with Crippen molar-refractivity contribution in [1.82, 2.24) is 19.5 Å². The monoisotopic (exact) mass is 299 g/mol. The molecule has 0 spiro atoms. The summed E-state index contributed by atoms with van der Waals surface area (Å²) in [5.74, 6) is 1.11. The minimum atomic E-state index is 0.424. The molecule has 8 heteroatoms. The first kappa shape index (κ1) is 13.4. The topological polar surface area (TPSA) is 56.0 Å². The van der Waals surface area contributed by atoms with Crippen molar-refractivity contribution in [2.24, 2.45) is 4.99 Å². The van der Waals surface area contributed by atoms with Crippen molar-refractivity contribution in [3.05, 3.63) is 29.9 Å². The molecule has 5 nitrogen and oxygen atoms in total. The van der Waals surface area contributed by atoms with Crippen LogP contribution in [-0.4, -0.2) is 36.4 Å². The summed E-state index contributed by atoms with van der Waals surface area (Å²) in [7, 11) is 0. The predicted octanol–water partition coefficient (Wildman–Crippen LogP) is 3.03. The smallest absolute Gasteiger partial charge is 0.252 e. The first-order valence-corrected chi connectivity index (χ1v) is 7.75. The van der Waals surface area contributed by atoms with E-state index in [2.05, 4.69) is 19.9 Å². The van der Waals surface area contributed by atoms with Crippen molar-refractivity contribution in [3.63, 3.8) is 0 Å². The van der Waals surface area contributed by atoms with Crippen molar-refractivity contribution < 1.29 is 0 Å². The van der Waals surface area contributed by atoms with Gasteiger partial charge in [-0.25, -0.2) is 9.97 Å². The Morgan fingerprint density at radius 3 is 2.72 bits per heavy atom. The fourth-order valence-corrected chi connectivity index (χ4v) is 2.38. The van der Waals surface area contributed by atoms with Gasteiger partial charge < -0.3 is 0 Å². The molecule has 0 atom stereocenters. The average Bonchev–Trinajstić information content (AvgIpc) is 2.83. The van der Waals surface area contributed by atoms with Gasteiger partial charge in [-0.15, -0.1) is 23.5 Å². The van der Waals surface area contributed by atoms with Crippen LogP contribution in [0.25, 0.3) is 5.82 Å². The van der Waals surface area contributed by atoms with Gasteiger partial charge >= 0.3 is 0 Å². The molecule has 0 radical (unpaired) electrons. The highest BCUT2D eigenvalue weighted by molar-refractivity contribution is 8.38. The lowest BCUT2D eigenvalue weighted by Crippen LogP contribution is -1.95. The van der Waals surface area contributed by atoms with Crippen LogP contribution >= 0.6 is 35.1 Å². The Hall–Kier alpha value is -1.05. The number of imidazole rings is 1. The maximum absolute atomic E-state index is 5.77. The summed E-state index contributed by atoms with van der Waals surface area (Å²) in [5, 5.41) is 0.424. The molecule has 0 aliphatic rings. The molecule has 2 rings (SSSR count). The predicted molar refractivity (Wildman–Crippen MR) is 78.3 cm³/mol. The van der Waals surface area contributed by atoms with E-state index in [-0.39, 0.29) is 0 Å². The third-order valence-electron chi connectivity index (χ3n) is 1.98. The van der Waals surface area contributed by atoms with Crippen molar-refractivity contribution in [2.75, 3.05) is 12.5 Å². The van der Waals surface area contributed by atoms with Gasteiger partial charge in [0.15, 0.2) is 0 Å². The minimum Gasteiger partial charge on any atom is -0.289 e. The summed E-state index contributed by atoms with van der Waals surface area (Å²) in [6.45, 7) is 0. The van der Waals surface area contributed by atoms with Crippen LogP contribution in [0.1, 0.15) is 0 Å². The maximum Gasteiger partial charge on any atom is 0.252 e. The highest BCUT2D eigenvalue weighted by atomic mass is 35.5. The second kappa shape index (κ2) is 6.21. The van der Waals surface area contributed by atoms with Crippen LogP contribution in [0.4, 0.5) is 5.95 Å². The van der Waals surface area contributed by atoms with Gasteiger partial charge in [0, 0.05) is 12.4 Å².